The molecular formula is C24H30ClN3O. The lowest BCUT2D eigenvalue weighted by Gasteiger charge is -2.45. The molecule has 2 aliphatic heterocycles. The summed E-state index contributed by atoms with van der Waals surface area (Å²) in [5.74, 6) is 0.287. The van der Waals surface area contributed by atoms with Gasteiger partial charge in [0.2, 0.25) is 0 Å². The first-order valence-corrected chi connectivity index (χ1v) is 10.9. The molecule has 29 heavy (non-hydrogen) atoms. The first-order chi connectivity index (χ1) is 13.9. The van der Waals surface area contributed by atoms with E-state index < -0.39 is 0 Å². The lowest BCUT2D eigenvalue weighted by atomic mass is 9.86. The molecule has 4 nitrogen and oxygen atoms in total. The molecule has 0 amide bonds. The summed E-state index contributed by atoms with van der Waals surface area (Å²) >= 11 is 6.27. The molecule has 1 fully saturated rings. The Morgan fingerprint density at radius 2 is 1.93 bits per heavy atom. The van der Waals surface area contributed by atoms with E-state index in [1.54, 1.807) is 12.1 Å². The number of likely N-dealkylation sites (tertiary alicyclic amines) is 1. The molecular weight excluding hydrogens is 382 g/mol. The number of phenols is 1. The Balaban J connectivity index is 1.75. The Kier molecular flexibility index (Phi) is 5.69. The number of phenolic OH excluding ortho intramolecular Hbond substituents is 1. The topological polar surface area (TPSA) is 47.9 Å². The minimum absolute atomic E-state index is 0.0184. The molecule has 2 aromatic rings. The second kappa shape index (κ2) is 8.10. The number of halogens is 1. The average molecular weight is 412 g/mol. The number of hydrogen-bond acceptors (Lipinski definition) is 4. The van der Waals surface area contributed by atoms with Gasteiger partial charge in [-0.1, -0.05) is 42.3 Å². The van der Waals surface area contributed by atoms with Crippen LogP contribution in [-0.4, -0.2) is 41.0 Å². The van der Waals surface area contributed by atoms with E-state index in [2.05, 4.69) is 49.2 Å². The molecule has 1 spiro atoms. The van der Waals surface area contributed by atoms with Gasteiger partial charge in [0.25, 0.3) is 0 Å². The number of piperidine rings is 1. The number of hydrogen-bond donors (Lipinski definition) is 2. The first-order valence-electron chi connectivity index (χ1n) is 10.5. The van der Waals surface area contributed by atoms with Crippen LogP contribution < -0.4 is 5.32 Å². The molecule has 2 N–H and O–H groups in total. The van der Waals surface area contributed by atoms with Crippen molar-refractivity contribution < 1.29 is 5.11 Å². The average Bonchev–Trinajstić information content (AvgIpc) is 2.70. The number of nitrogens with zero attached hydrogens (tertiary/aromatic N) is 2. The monoisotopic (exact) mass is 411 g/mol. The van der Waals surface area contributed by atoms with Crippen LogP contribution in [0.3, 0.4) is 0 Å². The maximum absolute atomic E-state index is 10.6. The van der Waals surface area contributed by atoms with Crippen LogP contribution in [0, 0.1) is 13.8 Å². The zero-order chi connectivity index (χ0) is 20.6. The Hall–Kier alpha value is -1.88. The van der Waals surface area contributed by atoms with E-state index in [1.807, 2.05) is 6.07 Å². The second-order valence-electron chi connectivity index (χ2n) is 8.45. The van der Waals surface area contributed by atoms with Crippen molar-refractivity contribution >= 4 is 17.3 Å². The van der Waals surface area contributed by atoms with Crippen molar-refractivity contribution in [3.63, 3.8) is 0 Å². The summed E-state index contributed by atoms with van der Waals surface area (Å²) < 4.78 is 0. The van der Waals surface area contributed by atoms with E-state index in [1.165, 1.54) is 16.7 Å². The Morgan fingerprint density at radius 3 is 2.62 bits per heavy atom. The van der Waals surface area contributed by atoms with E-state index in [0.717, 1.165) is 50.2 Å². The third kappa shape index (κ3) is 4.20. The smallest absolute Gasteiger partial charge is 0.120 e. The van der Waals surface area contributed by atoms with Crippen molar-refractivity contribution in [1.82, 2.24) is 10.2 Å². The maximum atomic E-state index is 10.6. The summed E-state index contributed by atoms with van der Waals surface area (Å²) in [4.78, 5) is 7.77. The third-order valence-corrected chi connectivity index (χ3v) is 6.61. The summed E-state index contributed by atoms with van der Waals surface area (Å²) in [6.07, 6.45) is 2.66. The second-order valence-corrected chi connectivity index (χ2v) is 8.88. The highest BCUT2D eigenvalue weighted by atomic mass is 35.5. The minimum atomic E-state index is -0.296. The third-order valence-electron chi connectivity index (χ3n) is 6.38. The SMILES string of the molecule is CCN1CCC2(CC1)N=C(c1ccc(C)cc1C)CC(c1cc(Cl)ccc1O)N2. The van der Waals surface area contributed by atoms with Gasteiger partial charge in [0.05, 0.1) is 0 Å². The zero-order valence-electron chi connectivity index (χ0n) is 17.5. The molecule has 1 atom stereocenters. The normalized spacial score (nSPS) is 21.9. The summed E-state index contributed by atoms with van der Waals surface area (Å²) in [7, 11) is 0. The van der Waals surface area contributed by atoms with Crippen LogP contribution >= 0.6 is 11.6 Å². The number of aryl methyl sites for hydroxylation is 2. The fraction of sp³-hybridized carbons (Fsp3) is 0.458. The summed E-state index contributed by atoms with van der Waals surface area (Å²) in [5.41, 5.74) is 5.40. The predicted molar refractivity (Wildman–Crippen MR) is 120 cm³/mol. The quantitative estimate of drug-likeness (QED) is 0.747. The Bertz CT molecular complexity index is 932. The van der Waals surface area contributed by atoms with Gasteiger partial charge < -0.3 is 10.0 Å². The predicted octanol–water partition coefficient (Wildman–Crippen LogP) is 5.00. The highest BCUT2D eigenvalue weighted by Crippen LogP contribution is 2.38. The van der Waals surface area contributed by atoms with Crippen LogP contribution in [0.25, 0.3) is 0 Å². The molecule has 1 unspecified atom stereocenters. The zero-order valence-corrected chi connectivity index (χ0v) is 18.3. The fourth-order valence-corrected chi connectivity index (χ4v) is 4.88. The largest absolute Gasteiger partial charge is 0.508 e. The summed E-state index contributed by atoms with van der Waals surface area (Å²) in [6, 6.07) is 11.9. The van der Waals surface area contributed by atoms with Gasteiger partial charge in [-0.3, -0.25) is 10.3 Å². The van der Waals surface area contributed by atoms with Gasteiger partial charge in [-0.25, -0.2) is 0 Å². The molecule has 2 heterocycles. The summed E-state index contributed by atoms with van der Waals surface area (Å²) in [5, 5.41) is 15.0. The fourth-order valence-electron chi connectivity index (χ4n) is 4.70. The van der Waals surface area contributed by atoms with Gasteiger partial charge in [-0.15, -0.1) is 0 Å². The Morgan fingerprint density at radius 1 is 1.17 bits per heavy atom. The van der Waals surface area contributed by atoms with E-state index in [9.17, 15) is 5.11 Å². The molecule has 0 aromatic heterocycles. The number of aromatic hydroxyl groups is 1. The van der Waals surface area contributed by atoms with Crippen LogP contribution in [0.2, 0.25) is 5.02 Å². The first kappa shape index (κ1) is 20.4. The van der Waals surface area contributed by atoms with Gasteiger partial charge in [0.1, 0.15) is 11.4 Å². The van der Waals surface area contributed by atoms with Gasteiger partial charge >= 0.3 is 0 Å². The molecule has 154 valence electrons. The van der Waals surface area contributed by atoms with Crippen molar-refractivity contribution in [1.29, 1.82) is 0 Å². The number of benzene rings is 2. The molecule has 2 aliphatic rings. The molecule has 1 saturated heterocycles. The minimum Gasteiger partial charge on any atom is -0.508 e. The number of nitrogens with one attached hydrogen (secondary N) is 1. The molecule has 0 aliphatic carbocycles. The van der Waals surface area contributed by atoms with Gasteiger partial charge in [-0.2, -0.15) is 0 Å². The standard InChI is InChI=1S/C24H30ClN3O/c1-4-28-11-9-24(10-12-28)26-21(19-7-5-16(2)13-17(19)3)15-22(27-24)20-14-18(25)6-8-23(20)29/h5-8,13-14,22,27,29H,4,9-12,15H2,1-3H3. The van der Waals surface area contributed by atoms with Crippen molar-refractivity contribution in [3.8, 4) is 5.75 Å². The molecule has 0 radical (unpaired) electrons. The molecule has 0 saturated carbocycles. The van der Waals surface area contributed by atoms with Crippen LogP contribution in [0.1, 0.15) is 54.5 Å². The molecule has 5 heteroatoms. The van der Waals surface area contributed by atoms with Crippen LogP contribution in [0.15, 0.2) is 41.4 Å². The van der Waals surface area contributed by atoms with Gasteiger partial charge in [0.15, 0.2) is 0 Å². The maximum Gasteiger partial charge on any atom is 0.120 e. The number of aliphatic imine (C=N–C) groups is 1. The highest BCUT2D eigenvalue weighted by Gasteiger charge is 2.40. The van der Waals surface area contributed by atoms with E-state index >= 15 is 0 Å². The van der Waals surface area contributed by atoms with Crippen LogP contribution in [0.4, 0.5) is 0 Å². The molecule has 0 bridgehead atoms. The summed E-state index contributed by atoms with van der Waals surface area (Å²) in [6.45, 7) is 9.62. The van der Waals surface area contributed by atoms with Crippen LogP contribution in [-0.2, 0) is 0 Å². The molecule has 2 aromatic carbocycles. The number of rotatable bonds is 3. The van der Waals surface area contributed by atoms with Crippen molar-refractivity contribution in [2.24, 2.45) is 4.99 Å². The van der Waals surface area contributed by atoms with Crippen molar-refractivity contribution in [2.45, 2.75) is 51.7 Å². The van der Waals surface area contributed by atoms with E-state index in [4.69, 9.17) is 16.6 Å². The lowest BCUT2D eigenvalue weighted by Crippen LogP contribution is -2.56. The lowest BCUT2D eigenvalue weighted by molar-refractivity contribution is 0.129. The van der Waals surface area contributed by atoms with Gasteiger partial charge in [0, 0.05) is 41.8 Å². The van der Waals surface area contributed by atoms with Crippen LogP contribution in [0.5, 0.6) is 5.75 Å². The van der Waals surface area contributed by atoms with Crippen molar-refractivity contribution in [2.75, 3.05) is 19.6 Å². The molecule has 4 rings (SSSR count). The van der Waals surface area contributed by atoms with Gasteiger partial charge in [-0.05, 0) is 62.6 Å². The van der Waals surface area contributed by atoms with E-state index in [-0.39, 0.29) is 17.5 Å². The van der Waals surface area contributed by atoms with E-state index in [0.29, 0.717) is 5.02 Å². The Labute approximate surface area is 178 Å². The van der Waals surface area contributed by atoms with Crippen molar-refractivity contribution in [3.05, 3.63) is 63.7 Å². The highest BCUT2D eigenvalue weighted by molar-refractivity contribution is 6.30.